The molecule has 0 fully saturated rings. The number of aromatic hydroxyl groups is 1. The summed E-state index contributed by atoms with van der Waals surface area (Å²) in [6.07, 6.45) is 0. The first-order valence-electron chi connectivity index (χ1n) is 9.46. The molecule has 0 spiro atoms. The van der Waals surface area contributed by atoms with Crippen LogP contribution in [0.2, 0.25) is 0 Å². The zero-order valence-corrected chi connectivity index (χ0v) is 18.3. The minimum atomic E-state index is -0.518. The number of pyridine rings is 1. The monoisotopic (exact) mass is 461 g/mol. The summed E-state index contributed by atoms with van der Waals surface area (Å²) in [4.78, 5) is 21.8. The molecule has 0 bridgehead atoms. The number of methoxy groups -OCH3 is 1. The standard InChI is InChI=1S/C23H15N3O4S2/c1-29-18-9-11(6-7-16(18)27)13-10-15(25-21-19(13)20(24)32-23(31)26-21)14-8-12-4-2-3-5-17(12)30-22(14)28/h2-10,27H,24H2,1H3. The van der Waals surface area contributed by atoms with Gasteiger partial charge in [0.25, 0.3) is 0 Å². The van der Waals surface area contributed by atoms with Gasteiger partial charge in [-0.15, -0.1) is 0 Å². The van der Waals surface area contributed by atoms with E-state index in [4.69, 9.17) is 27.1 Å². The Morgan fingerprint density at radius 1 is 1.09 bits per heavy atom. The minimum absolute atomic E-state index is 0.00626. The molecule has 5 rings (SSSR count). The highest BCUT2D eigenvalue weighted by molar-refractivity contribution is 7.73. The van der Waals surface area contributed by atoms with Crippen molar-refractivity contribution >= 4 is 50.6 Å². The van der Waals surface area contributed by atoms with Crippen LogP contribution in [-0.4, -0.2) is 22.2 Å². The highest BCUT2D eigenvalue weighted by Crippen LogP contribution is 2.39. The summed E-state index contributed by atoms with van der Waals surface area (Å²) >= 11 is 6.42. The molecule has 0 saturated heterocycles. The van der Waals surface area contributed by atoms with Crippen molar-refractivity contribution in [3.8, 4) is 33.9 Å². The number of ether oxygens (including phenoxy) is 1. The number of rotatable bonds is 3. The molecule has 0 aliphatic heterocycles. The Hall–Kier alpha value is -3.82. The van der Waals surface area contributed by atoms with Crippen LogP contribution in [-0.2, 0) is 0 Å². The lowest BCUT2D eigenvalue weighted by atomic mass is 10.00. The number of nitrogens with two attached hydrogens (primary N) is 1. The summed E-state index contributed by atoms with van der Waals surface area (Å²) in [5.41, 5.74) is 8.63. The summed E-state index contributed by atoms with van der Waals surface area (Å²) in [6, 6.07) is 15.7. The van der Waals surface area contributed by atoms with Gasteiger partial charge in [0.2, 0.25) is 0 Å². The van der Waals surface area contributed by atoms with Crippen molar-refractivity contribution in [1.29, 1.82) is 0 Å². The molecule has 0 amide bonds. The average molecular weight is 462 g/mol. The lowest BCUT2D eigenvalue weighted by Crippen LogP contribution is -2.05. The molecule has 0 aliphatic carbocycles. The van der Waals surface area contributed by atoms with Gasteiger partial charge in [-0.3, -0.25) is 0 Å². The SMILES string of the molecule is COc1cc(-c2cc(-c3cc4ccccc4oc3=O)nc3nc(=S)sc(N)c23)ccc1O. The smallest absolute Gasteiger partial charge is 0.345 e. The van der Waals surface area contributed by atoms with Crippen molar-refractivity contribution in [3.05, 3.63) is 69.0 Å². The van der Waals surface area contributed by atoms with Crippen LogP contribution in [0.4, 0.5) is 5.00 Å². The first-order chi connectivity index (χ1) is 15.4. The Bertz CT molecular complexity index is 1640. The molecule has 0 atom stereocenters. The largest absolute Gasteiger partial charge is 0.504 e. The number of aromatic nitrogens is 2. The van der Waals surface area contributed by atoms with Gasteiger partial charge in [0.05, 0.1) is 23.8 Å². The minimum Gasteiger partial charge on any atom is -0.504 e. The summed E-state index contributed by atoms with van der Waals surface area (Å²) in [7, 11) is 1.47. The lowest BCUT2D eigenvalue weighted by molar-refractivity contribution is 0.373. The van der Waals surface area contributed by atoms with Crippen molar-refractivity contribution in [3.63, 3.8) is 0 Å². The van der Waals surface area contributed by atoms with Gasteiger partial charge >= 0.3 is 5.63 Å². The summed E-state index contributed by atoms with van der Waals surface area (Å²) < 4.78 is 11.1. The molecule has 3 heterocycles. The Kier molecular flexibility index (Phi) is 4.84. The predicted octanol–water partition coefficient (Wildman–Crippen LogP) is 5.16. The molecule has 5 aromatic rings. The fourth-order valence-corrected chi connectivity index (χ4v) is 4.54. The Morgan fingerprint density at radius 2 is 1.91 bits per heavy atom. The second-order valence-electron chi connectivity index (χ2n) is 6.97. The molecular formula is C23H15N3O4S2. The quantitative estimate of drug-likeness (QED) is 0.280. The number of phenolic OH excluding ortho intramolecular Hbond substituents is 1. The van der Waals surface area contributed by atoms with Crippen molar-refractivity contribution < 1.29 is 14.3 Å². The molecule has 0 saturated carbocycles. The first kappa shape index (κ1) is 20.1. The van der Waals surface area contributed by atoms with Crippen LogP contribution in [0.3, 0.4) is 0 Å². The van der Waals surface area contributed by atoms with E-state index in [-0.39, 0.29) is 11.3 Å². The number of hydrogen-bond acceptors (Lipinski definition) is 9. The molecule has 158 valence electrons. The van der Waals surface area contributed by atoms with Crippen molar-refractivity contribution in [2.24, 2.45) is 0 Å². The maximum absolute atomic E-state index is 12.8. The van der Waals surface area contributed by atoms with Gasteiger partial charge in [-0.25, -0.2) is 14.8 Å². The third kappa shape index (κ3) is 3.37. The highest BCUT2D eigenvalue weighted by atomic mass is 32.1. The van der Waals surface area contributed by atoms with Crippen LogP contribution in [0.25, 0.3) is 44.4 Å². The second-order valence-corrected chi connectivity index (χ2v) is 8.65. The number of para-hydroxylation sites is 1. The van der Waals surface area contributed by atoms with Gasteiger partial charge < -0.3 is 20.0 Å². The van der Waals surface area contributed by atoms with Crippen LogP contribution < -0.4 is 16.1 Å². The van der Waals surface area contributed by atoms with Crippen LogP contribution in [0, 0.1) is 3.95 Å². The summed E-state index contributed by atoms with van der Waals surface area (Å²) in [5.74, 6) is 0.307. The van der Waals surface area contributed by atoms with Crippen LogP contribution in [0.5, 0.6) is 11.5 Å². The van der Waals surface area contributed by atoms with E-state index in [2.05, 4.69) is 9.97 Å². The number of anilines is 1. The van der Waals surface area contributed by atoms with E-state index >= 15 is 0 Å². The fourth-order valence-electron chi connectivity index (χ4n) is 3.56. The number of hydrogen-bond donors (Lipinski definition) is 2. The van der Waals surface area contributed by atoms with Crippen molar-refractivity contribution in [2.75, 3.05) is 12.8 Å². The Morgan fingerprint density at radius 3 is 2.72 bits per heavy atom. The predicted molar refractivity (Wildman–Crippen MR) is 128 cm³/mol. The van der Waals surface area contributed by atoms with E-state index in [0.717, 1.165) is 5.39 Å². The molecule has 0 radical (unpaired) electrons. The molecule has 3 aromatic heterocycles. The number of nitrogen functional groups attached to an aromatic ring is 1. The van der Waals surface area contributed by atoms with Crippen LogP contribution >= 0.6 is 23.6 Å². The van der Waals surface area contributed by atoms with E-state index in [1.54, 1.807) is 36.4 Å². The fraction of sp³-hybridized carbons (Fsp3) is 0.0435. The van der Waals surface area contributed by atoms with E-state index in [0.29, 0.717) is 48.1 Å². The summed E-state index contributed by atoms with van der Waals surface area (Å²) in [6.45, 7) is 0. The van der Waals surface area contributed by atoms with E-state index < -0.39 is 5.63 Å². The zero-order chi connectivity index (χ0) is 22.4. The number of nitrogens with zero attached hydrogens (tertiary/aromatic N) is 2. The second kappa shape index (κ2) is 7.70. The van der Waals surface area contributed by atoms with E-state index in [9.17, 15) is 9.90 Å². The first-order valence-corrected chi connectivity index (χ1v) is 10.7. The highest BCUT2D eigenvalue weighted by Gasteiger charge is 2.18. The maximum Gasteiger partial charge on any atom is 0.345 e. The maximum atomic E-state index is 12.8. The van der Waals surface area contributed by atoms with Gasteiger partial charge in [-0.05, 0) is 53.7 Å². The number of fused-ring (bicyclic) bond motifs is 2. The van der Waals surface area contributed by atoms with Crippen molar-refractivity contribution in [1.82, 2.24) is 9.97 Å². The normalized spacial score (nSPS) is 11.2. The molecule has 7 nitrogen and oxygen atoms in total. The molecule has 32 heavy (non-hydrogen) atoms. The molecule has 9 heteroatoms. The molecule has 2 aromatic carbocycles. The van der Waals surface area contributed by atoms with E-state index in [1.807, 2.05) is 12.1 Å². The molecule has 0 unspecified atom stereocenters. The van der Waals surface area contributed by atoms with Gasteiger partial charge in [0.1, 0.15) is 10.6 Å². The van der Waals surface area contributed by atoms with Crippen LogP contribution in [0.1, 0.15) is 0 Å². The van der Waals surface area contributed by atoms with E-state index in [1.165, 1.54) is 24.5 Å². The Balaban J connectivity index is 1.86. The Labute approximate surface area is 190 Å². The summed E-state index contributed by atoms with van der Waals surface area (Å²) in [5, 5.41) is 11.8. The molecule has 3 N–H and O–H groups in total. The zero-order valence-electron chi connectivity index (χ0n) is 16.7. The third-order valence-electron chi connectivity index (χ3n) is 5.05. The van der Waals surface area contributed by atoms with Gasteiger partial charge in [-0.2, -0.15) is 0 Å². The topological polar surface area (TPSA) is 111 Å². The van der Waals surface area contributed by atoms with Crippen LogP contribution in [0.15, 0.2) is 63.8 Å². The van der Waals surface area contributed by atoms with Gasteiger partial charge in [0, 0.05) is 5.39 Å². The number of benzene rings is 2. The lowest BCUT2D eigenvalue weighted by Gasteiger charge is -2.12. The average Bonchev–Trinajstić information content (AvgIpc) is 2.78. The van der Waals surface area contributed by atoms with Gasteiger partial charge in [-0.1, -0.05) is 35.6 Å². The number of phenols is 1. The third-order valence-corrected chi connectivity index (χ3v) is 6.08. The van der Waals surface area contributed by atoms with Crippen molar-refractivity contribution in [2.45, 2.75) is 0 Å². The molecular weight excluding hydrogens is 446 g/mol. The van der Waals surface area contributed by atoms with Gasteiger partial charge in [0.15, 0.2) is 21.1 Å². The molecule has 0 aliphatic rings.